The fraction of sp³-hybridized carbons (Fsp3) is 0.429. The Hall–Kier alpha value is -2.05. The van der Waals surface area contributed by atoms with Crippen molar-refractivity contribution in [3.05, 3.63) is 22.6 Å². The summed E-state index contributed by atoms with van der Waals surface area (Å²) in [6.07, 6.45) is 2.69. The van der Waals surface area contributed by atoms with Crippen LogP contribution in [0.5, 0.6) is 0 Å². The molecule has 2 aromatic rings. The number of nitrogen functional groups attached to an aromatic ring is 1. The molecule has 0 aromatic carbocycles. The van der Waals surface area contributed by atoms with Crippen molar-refractivity contribution in [1.82, 2.24) is 14.5 Å². The largest absolute Gasteiger partial charge is 0.391 e. The van der Waals surface area contributed by atoms with E-state index in [1.54, 1.807) is 0 Å². The van der Waals surface area contributed by atoms with Crippen LogP contribution in [0.2, 0.25) is 0 Å². The van der Waals surface area contributed by atoms with E-state index in [-0.39, 0.29) is 17.0 Å². The lowest BCUT2D eigenvalue weighted by Gasteiger charge is -2.25. The van der Waals surface area contributed by atoms with Gasteiger partial charge in [-0.1, -0.05) is 17.5 Å². The highest BCUT2D eigenvalue weighted by Gasteiger charge is 2.57. The van der Waals surface area contributed by atoms with Gasteiger partial charge in [0.25, 0.3) is 5.56 Å². The fourth-order valence-electron chi connectivity index (χ4n) is 2.76. The van der Waals surface area contributed by atoms with Gasteiger partial charge in [0.15, 0.2) is 16.7 Å². The van der Waals surface area contributed by atoms with Crippen LogP contribution in [0, 0.1) is 12.3 Å². The minimum Gasteiger partial charge on any atom is -0.391 e. The molecule has 1 unspecified atom stereocenters. The van der Waals surface area contributed by atoms with Gasteiger partial charge in [0.2, 0.25) is 5.95 Å². The van der Waals surface area contributed by atoms with E-state index in [0.29, 0.717) is 0 Å². The minimum atomic E-state index is -1.63. The van der Waals surface area contributed by atoms with Crippen LogP contribution in [0.3, 0.4) is 0 Å². The molecule has 122 valence electrons. The van der Waals surface area contributed by atoms with Gasteiger partial charge in [0.1, 0.15) is 12.2 Å². The van der Waals surface area contributed by atoms with Crippen LogP contribution >= 0.6 is 11.6 Å². The van der Waals surface area contributed by atoms with Gasteiger partial charge in [0.05, 0.1) is 11.5 Å². The second-order valence-corrected chi connectivity index (χ2v) is 6.09. The van der Waals surface area contributed by atoms with E-state index in [9.17, 15) is 15.0 Å². The molecule has 23 heavy (non-hydrogen) atoms. The van der Waals surface area contributed by atoms with Crippen molar-refractivity contribution < 1.29 is 14.9 Å². The maximum Gasteiger partial charge on any atom is 0.261 e. The average Bonchev–Trinajstić information content (AvgIpc) is 3.00. The molecule has 2 aromatic heterocycles. The molecule has 1 fully saturated rings. The number of aromatic nitrogens is 3. The lowest BCUT2D eigenvalue weighted by atomic mass is 9.97. The molecule has 3 rings (SSSR count). The molecule has 1 aliphatic rings. The molecule has 9 heteroatoms. The minimum absolute atomic E-state index is 0.0750. The summed E-state index contributed by atoms with van der Waals surface area (Å²) in [6.45, 7) is 1.46. The number of halogens is 1. The van der Waals surface area contributed by atoms with Gasteiger partial charge < -0.3 is 25.3 Å². The Kier molecular flexibility index (Phi) is 3.61. The van der Waals surface area contributed by atoms with Crippen molar-refractivity contribution in [2.45, 2.75) is 36.3 Å². The zero-order valence-electron chi connectivity index (χ0n) is 12.1. The third-order valence-electron chi connectivity index (χ3n) is 3.94. The third-order valence-corrected chi connectivity index (χ3v) is 4.46. The van der Waals surface area contributed by atoms with Crippen LogP contribution in [0.4, 0.5) is 5.95 Å². The Morgan fingerprint density at radius 2 is 2.39 bits per heavy atom. The zero-order chi connectivity index (χ0) is 16.9. The first kappa shape index (κ1) is 15.8. The Balaban J connectivity index is 2.18. The second kappa shape index (κ2) is 5.25. The molecule has 5 atom stereocenters. The van der Waals surface area contributed by atoms with Crippen LogP contribution in [0.25, 0.3) is 11.0 Å². The van der Waals surface area contributed by atoms with Crippen LogP contribution < -0.4 is 11.3 Å². The second-order valence-electron chi connectivity index (χ2n) is 5.46. The monoisotopic (exact) mass is 338 g/mol. The molecule has 8 nitrogen and oxygen atoms in total. The van der Waals surface area contributed by atoms with Crippen molar-refractivity contribution in [1.29, 1.82) is 0 Å². The first-order valence-electron chi connectivity index (χ1n) is 6.84. The van der Waals surface area contributed by atoms with Crippen molar-refractivity contribution in [2.24, 2.45) is 0 Å². The van der Waals surface area contributed by atoms with Crippen molar-refractivity contribution in [3.63, 3.8) is 0 Å². The topological polar surface area (TPSA) is 126 Å². The highest BCUT2D eigenvalue weighted by molar-refractivity contribution is 6.27. The van der Waals surface area contributed by atoms with Crippen LogP contribution in [0.15, 0.2) is 17.1 Å². The van der Waals surface area contributed by atoms with E-state index >= 15 is 0 Å². The number of H-pyrrole nitrogens is 1. The SMILES string of the molecule is C#CC1(Cl)[C@@H](O)[C@@H]([C@H](C)O)O[C@H]1n1ccc2c(=O)[nH]c(N)nc21. The summed E-state index contributed by atoms with van der Waals surface area (Å²) in [7, 11) is 0. The van der Waals surface area contributed by atoms with Gasteiger partial charge in [-0.15, -0.1) is 6.42 Å². The number of nitrogens with two attached hydrogens (primary N) is 1. The molecular weight excluding hydrogens is 324 g/mol. The Labute approximate surface area is 135 Å². The number of aromatic amines is 1. The summed E-state index contributed by atoms with van der Waals surface area (Å²) in [6, 6.07) is 1.51. The maximum absolute atomic E-state index is 11.9. The third kappa shape index (κ3) is 2.21. The first-order chi connectivity index (χ1) is 10.8. The van der Waals surface area contributed by atoms with E-state index < -0.39 is 35.0 Å². The van der Waals surface area contributed by atoms with Gasteiger partial charge >= 0.3 is 0 Å². The normalized spacial score (nSPS) is 32.0. The quantitative estimate of drug-likeness (QED) is 0.434. The van der Waals surface area contributed by atoms with Gasteiger partial charge in [-0.3, -0.25) is 9.78 Å². The molecule has 3 heterocycles. The molecule has 0 saturated carbocycles. The van der Waals surface area contributed by atoms with Crippen LogP contribution in [-0.2, 0) is 4.74 Å². The lowest BCUT2D eigenvalue weighted by molar-refractivity contribution is -0.0751. The van der Waals surface area contributed by atoms with E-state index in [1.807, 2.05) is 0 Å². The number of terminal acetylenes is 1. The summed E-state index contributed by atoms with van der Waals surface area (Å²) in [5.74, 6) is 2.25. The zero-order valence-corrected chi connectivity index (χ0v) is 12.9. The molecule has 1 saturated heterocycles. The van der Waals surface area contributed by atoms with Gasteiger partial charge in [-0.05, 0) is 13.0 Å². The number of ether oxygens (including phenoxy) is 1. The number of hydrogen-bond acceptors (Lipinski definition) is 6. The van der Waals surface area contributed by atoms with Crippen LogP contribution in [-0.4, -0.2) is 47.9 Å². The molecule has 0 bridgehead atoms. The number of aliphatic hydroxyl groups excluding tert-OH is 2. The average molecular weight is 339 g/mol. The van der Waals surface area contributed by atoms with Gasteiger partial charge in [-0.2, -0.15) is 4.98 Å². The number of nitrogens with zero attached hydrogens (tertiary/aromatic N) is 2. The number of alkyl halides is 1. The van der Waals surface area contributed by atoms with Crippen molar-refractivity contribution in [3.8, 4) is 12.3 Å². The predicted octanol–water partition coefficient (Wildman–Crippen LogP) is -0.443. The van der Waals surface area contributed by atoms with E-state index in [4.69, 9.17) is 28.5 Å². The highest BCUT2D eigenvalue weighted by atomic mass is 35.5. The summed E-state index contributed by atoms with van der Waals surface area (Å²) < 4.78 is 7.10. The number of hydrogen-bond donors (Lipinski definition) is 4. The Morgan fingerprint density at radius 3 is 3.00 bits per heavy atom. The van der Waals surface area contributed by atoms with Gasteiger partial charge in [-0.25, -0.2) is 0 Å². The molecule has 1 aliphatic heterocycles. The summed E-state index contributed by atoms with van der Waals surface area (Å²) in [4.78, 5) is 16.7. The first-order valence-corrected chi connectivity index (χ1v) is 7.22. The van der Waals surface area contributed by atoms with Crippen molar-refractivity contribution >= 4 is 28.6 Å². The maximum atomic E-state index is 11.9. The predicted molar refractivity (Wildman–Crippen MR) is 83.8 cm³/mol. The number of aliphatic hydroxyl groups is 2. The summed E-state index contributed by atoms with van der Waals surface area (Å²) >= 11 is 6.39. The van der Waals surface area contributed by atoms with E-state index in [1.165, 1.54) is 23.8 Å². The standard InChI is InChI=1S/C14H15ClN4O4/c1-3-14(15)9(21)8(6(2)20)23-12(14)19-5-4-7-10(19)17-13(16)18-11(7)22/h1,4-6,8-9,12,20-21H,2H3,(H3,16,17,18,22)/t6-,8+,9-,12+,14?/m0/s1. The number of nitrogens with one attached hydrogen (secondary N) is 1. The smallest absolute Gasteiger partial charge is 0.261 e. The molecule has 0 radical (unpaired) electrons. The fourth-order valence-corrected chi connectivity index (χ4v) is 3.04. The van der Waals surface area contributed by atoms with E-state index in [2.05, 4.69) is 15.9 Å². The van der Waals surface area contributed by atoms with E-state index in [0.717, 1.165) is 0 Å². The molecule has 5 N–H and O–H groups in total. The Morgan fingerprint density at radius 1 is 1.70 bits per heavy atom. The molecule has 0 spiro atoms. The number of anilines is 1. The molecule has 0 aliphatic carbocycles. The Bertz CT molecular complexity index is 855. The lowest BCUT2D eigenvalue weighted by Crippen LogP contribution is -2.43. The van der Waals surface area contributed by atoms with Gasteiger partial charge in [0, 0.05) is 6.20 Å². The highest BCUT2D eigenvalue weighted by Crippen LogP contribution is 2.44. The number of rotatable bonds is 2. The molecule has 0 amide bonds. The van der Waals surface area contributed by atoms with Crippen LogP contribution in [0.1, 0.15) is 13.2 Å². The summed E-state index contributed by atoms with van der Waals surface area (Å²) in [5.41, 5.74) is 5.37. The number of fused-ring (bicyclic) bond motifs is 1. The molecular formula is C14H15ClN4O4. The van der Waals surface area contributed by atoms with Crippen molar-refractivity contribution in [2.75, 3.05) is 5.73 Å². The summed E-state index contributed by atoms with van der Waals surface area (Å²) in [5, 5.41) is 20.4.